The van der Waals surface area contributed by atoms with Crippen molar-refractivity contribution in [1.29, 1.82) is 0 Å². The van der Waals surface area contributed by atoms with E-state index in [0.717, 1.165) is 17.4 Å². The number of carbonyl (C=O) groups excluding carboxylic acids is 4. The Morgan fingerprint density at radius 3 is 2.59 bits per heavy atom. The summed E-state index contributed by atoms with van der Waals surface area (Å²) in [6, 6.07) is 5.30. The SMILES string of the molecule is CN(C)C(=O)CN1CCN(C(=O)[C@@H]2CC(=O)c3sc(NC(=O)c4cccc(F)c4)nc3C2)CC1. The Kier molecular flexibility index (Phi) is 7.03. The first-order valence-electron chi connectivity index (χ1n) is 11.0. The largest absolute Gasteiger partial charge is 0.348 e. The average molecular weight is 488 g/mol. The number of anilines is 1. The molecule has 1 aromatic carbocycles. The monoisotopic (exact) mass is 487 g/mol. The molecule has 2 aromatic rings. The molecule has 2 heterocycles. The van der Waals surface area contributed by atoms with Gasteiger partial charge < -0.3 is 9.80 Å². The maximum atomic E-state index is 13.4. The number of halogens is 1. The molecule has 9 nitrogen and oxygen atoms in total. The number of carbonyl (C=O) groups is 4. The second-order valence-corrected chi connectivity index (χ2v) is 9.68. The first kappa shape index (κ1) is 24.0. The van der Waals surface area contributed by atoms with E-state index in [9.17, 15) is 23.6 Å². The molecule has 1 saturated heterocycles. The van der Waals surface area contributed by atoms with Crippen LogP contribution in [-0.4, -0.2) is 90.0 Å². The standard InChI is InChI=1S/C23H26FN5O4S/c1-27(2)19(31)13-28-6-8-29(9-7-28)22(33)15-11-17-20(18(30)12-15)34-23(25-17)26-21(32)14-4-3-5-16(24)10-14/h3-5,10,15H,6-9,11-13H2,1-2H3,(H,25,26,32)/t15-/m0/s1. The number of ketones is 1. The number of Topliss-reactive ketones (excluding diaryl/α,β-unsaturated/α-hetero) is 1. The number of rotatable bonds is 5. The lowest BCUT2D eigenvalue weighted by Crippen LogP contribution is -2.52. The molecule has 1 fully saturated rings. The van der Waals surface area contributed by atoms with Crippen LogP contribution in [0.25, 0.3) is 0 Å². The van der Waals surface area contributed by atoms with Gasteiger partial charge in [0.1, 0.15) is 5.82 Å². The summed E-state index contributed by atoms with van der Waals surface area (Å²) in [4.78, 5) is 60.3. The third-order valence-electron chi connectivity index (χ3n) is 6.02. The molecule has 11 heteroatoms. The van der Waals surface area contributed by atoms with E-state index in [0.29, 0.717) is 49.7 Å². The molecule has 1 aliphatic carbocycles. The van der Waals surface area contributed by atoms with Crippen molar-refractivity contribution in [2.24, 2.45) is 5.92 Å². The number of nitrogens with zero attached hydrogens (tertiary/aromatic N) is 4. The van der Waals surface area contributed by atoms with Crippen molar-refractivity contribution in [3.8, 4) is 0 Å². The number of hydrogen-bond acceptors (Lipinski definition) is 7. The summed E-state index contributed by atoms with van der Waals surface area (Å²) in [7, 11) is 3.43. The van der Waals surface area contributed by atoms with E-state index in [4.69, 9.17) is 0 Å². The van der Waals surface area contributed by atoms with Crippen LogP contribution in [-0.2, 0) is 16.0 Å². The molecule has 0 bridgehead atoms. The summed E-state index contributed by atoms with van der Waals surface area (Å²) in [5, 5.41) is 2.87. The highest BCUT2D eigenvalue weighted by Crippen LogP contribution is 2.33. The van der Waals surface area contributed by atoms with Crippen LogP contribution < -0.4 is 5.32 Å². The summed E-state index contributed by atoms with van der Waals surface area (Å²) in [6.07, 6.45) is 0.427. The molecule has 3 amide bonds. The molecule has 0 unspecified atom stereocenters. The van der Waals surface area contributed by atoms with Crippen LogP contribution in [0.5, 0.6) is 0 Å². The summed E-state index contributed by atoms with van der Waals surface area (Å²) in [5.41, 5.74) is 0.656. The highest BCUT2D eigenvalue weighted by atomic mass is 32.1. The van der Waals surface area contributed by atoms with Gasteiger partial charge in [0.05, 0.1) is 23.0 Å². The predicted octanol–water partition coefficient (Wildman–Crippen LogP) is 1.51. The minimum atomic E-state index is -0.521. The molecule has 4 rings (SSSR count). The van der Waals surface area contributed by atoms with Crippen molar-refractivity contribution in [1.82, 2.24) is 19.7 Å². The minimum Gasteiger partial charge on any atom is -0.348 e. The zero-order chi connectivity index (χ0) is 24.4. The third kappa shape index (κ3) is 5.31. The number of likely N-dealkylation sites (N-methyl/N-ethyl adjacent to an activating group) is 1. The van der Waals surface area contributed by atoms with Gasteiger partial charge in [0, 0.05) is 58.7 Å². The van der Waals surface area contributed by atoms with Crippen molar-refractivity contribution in [2.75, 3.05) is 52.1 Å². The van der Waals surface area contributed by atoms with Crippen LogP contribution >= 0.6 is 11.3 Å². The zero-order valence-corrected chi connectivity index (χ0v) is 19.9. The normalized spacial score (nSPS) is 18.4. The maximum absolute atomic E-state index is 13.4. The van der Waals surface area contributed by atoms with E-state index >= 15 is 0 Å². The van der Waals surface area contributed by atoms with Crippen LogP contribution in [0.1, 0.15) is 32.1 Å². The molecule has 1 atom stereocenters. The summed E-state index contributed by atoms with van der Waals surface area (Å²) < 4.78 is 13.4. The van der Waals surface area contributed by atoms with Crippen LogP contribution in [0.2, 0.25) is 0 Å². The lowest BCUT2D eigenvalue weighted by molar-refractivity contribution is -0.138. The van der Waals surface area contributed by atoms with E-state index in [1.165, 1.54) is 18.2 Å². The molecule has 1 N–H and O–H groups in total. The van der Waals surface area contributed by atoms with Gasteiger partial charge in [-0.1, -0.05) is 17.4 Å². The third-order valence-corrected chi connectivity index (χ3v) is 7.07. The molecule has 1 aromatic heterocycles. The molecule has 180 valence electrons. The molecular formula is C23H26FN5O4S. The second kappa shape index (κ2) is 9.98. The number of thiazole rings is 1. The summed E-state index contributed by atoms with van der Waals surface area (Å²) in [5.74, 6) is -1.77. The van der Waals surface area contributed by atoms with Gasteiger partial charge in [-0.05, 0) is 18.2 Å². The summed E-state index contributed by atoms with van der Waals surface area (Å²) >= 11 is 1.07. The minimum absolute atomic E-state index is 0.0222. The van der Waals surface area contributed by atoms with E-state index < -0.39 is 17.6 Å². The van der Waals surface area contributed by atoms with E-state index in [2.05, 4.69) is 10.3 Å². The first-order chi connectivity index (χ1) is 16.2. The molecule has 2 aliphatic rings. The Hall–Kier alpha value is -3.18. The highest BCUT2D eigenvalue weighted by molar-refractivity contribution is 7.17. The highest BCUT2D eigenvalue weighted by Gasteiger charge is 2.36. The van der Waals surface area contributed by atoms with Crippen LogP contribution in [0.3, 0.4) is 0 Å². The van der Waals surface area contributed by atoms with Crippen LogP contribution in [0.15, 0.2) is 24.3 Å². The first-order valence-corrected chi connectivity index (χ1v) is 11.8. The molecule has 0 spiro atoms. The Labute approximate surface area is 200 Å². The lowest BCUT2D eigenvalue weighted by atomic mass is 9.88. The van der Waals surface area contributed by atoms with Gasteiger partial charge in [-0.2, -0.15) is 0 Å². The van der Waals surface area contributed by atoms with Crippen molar-refractivity contribution < 1.29 is 23.6 Å². The van der Waals surface area contributed by atoms with Crippen molar-refractivity contribution in [3.63, 3.8) is 0 Å². The molecule has 1 aliphatic heterocycles. The zero-order valence-electron chi connectivity index (χ0n) is 19.0. The number of nitrogens with one attached hydrogen (secondary N) is 1. The van der Waals surface area contributed by atoms with Gasteiger partial charge in [0.15, 0.2) is 10.9 Å². The lowest BCUT2D eigenvalue weighted by Gasteiger charge is -2.36. The van der Waals surface area contributed by atoms with Crippen LogP contribution in [0, 0.1) is 11.7 Å². The number of amides is 3. The van der Waals surface area contributed by atoms with Gasteiger partial charge >= 0.3 is 0 Å². The Morgan fingerprint density at radius 1 is 1.18 bits per heavy atom. The Morgan fingerprint density at radius 2 is 1.91 bits per heavy atom. The average Bonchev–Trinajstić information content (AvgIpc) is 3.22. The predicted molar refractivity (Wildman–Crippen MR) is 124 cm³/mol. The van der Waals surface area contributed by atoms with Gasteiger partial charge in [0.2, 0.25) is 11.8 Å². The van der Waals surface area contributed by atoms with Gasteiger partial charge in [-0.15, -0.1) is 0 Å². The van der Waals surface area contributed by atoms with E-state index in [1.807, 2.05) is 4.90 Å². The number of fused-ring (bicyclic) bond motifs is 1. The fourth-order valence-electron chi connectivity index (χ4n) is 4.07. The van der Waals surface area contributed by atoms with Gasteiger partial charge in [0.25, 0.3) is 5.91 Å². The second-order valence-electron chi connectivity index (χ2n) is 8.68. The number of aromatic nitrogens is 1. The quantitative estimate of drug-likeness (QED) is 0.686. The van der Waals surface area contributed by atoms with E-state index in [-0.39, 0.29) is 34.7 Å². The number of hydrogen-bond donors (Lipinski definition) is 1. The van der Waals surface area contributed by atoms with Crippen molar-refractivity contribution in [3.05, 3.63) is 46.2 Å². The van der Waals surface area contributed by atoms with Crippen molar-refractivity contribution >= 4 is 40.0 Å². The fraction of sp³-hybridized carbons (Fsp3) is 0.435. The van der Waals surface area contributed by atoms with Gasteiger partial charge in [-0.25, -0.2) is 9.37 Å². The maximum Gasteiger partial charge on any atom is 0.257 e. The number of piperazine rings is 1. The van der Waals surface area contributed by atoms with E-state index in [1.54, 1.807) is 23.9 Å². The smallest absolute Gasteiger partial charge is 0.257 e. The molecule has 0 radical (unpaired) electrons. The Bertz CT molecular complexity index is 1130. The number of benzene rings is 1. The molecular weight excluding hydrogens is 461 g/mol. The topological polar surface area (TPSA) is 103 Å². The molecule has 0 saturated carbocycles. The molecule has 34 heavy (non-hydrogen) atoms. The van der Waals surface area contributed by atoms with Crippen molar-refractivity contribution in [2.45, 2.75) is 12.8 Å². The summed E-state index contributed by atoms with van der Waals surface area (Å²) in [6.45, 7) is 2.53. The van der Waals surface area contributed by atoms with Crippen LogP contribution in [0.4, 0.5) is 9.52 Å². The van der Waals surface area contributed by atoms with Gasteiger partial charge in [-0.3, -0.25) is 29.4 Å². The fourth-order valence-corrected chi connectivity index (χ4v) is 5.01. The Balaban J connectivity index is 1.36.